The third-order valence-corrected chi connectivity index (χ3v) is 7.40. The van der Waals surface area contributed by atoms with Crippen LogP contribution in [0.4, 0.5) is 5.82 Å². The Balaban J connectivity index is 1.41. The van der Waals surface area contributed by atoms with Crippen molar-refractivity contribution in [3.63, 3.8) is 0 Å². The first-order valence-electron chi connectivity index (χ1n) is 11.8. The zero-order valence-electron chi connectivity index (χ0n) is 20.0. The summed E-state index contributed by atoms with van der Waals surface area (Å²) >= 11 is 1.52. The largest absolute Gasteiger partial charge is 0.455 e. The minimum atomic E-state index is -0.0333. The number of thioether (sulfide) groups is 1. The number of hydrogen-bond acceptors (Lipinski definition) is 8. The lowest BCUT2D eigenvalue weighted by Gasteiger charge is -2.32. The maximum atomic E-state index is 12.7. The Morgan fingerprint density at radius 1 is 1.18 bits per heavy atom. The number of hydrogen-bond donors (Lipinski definition) is 0. The molecule has 0 radical (unpaired) electrons. The Kier molecular flexibility index (Phi) is 8.27. The first kappa shape index (κ1) is 24.0. The van der Waals surface area contributed by atoms with Crippen molar-refractivity contribution in [1.29, 1.82) is 0 Å². The number of carbonyl (C=O) groups excluding carboxylic acids is 1. The molecule has 180 valence electrons. The molecule has 2 fully saturated rings. The van der Waals surface area contributed by atoms with Crippen LogP contribution in [0, 0.1) is 0 Å². The standard InChI is InChI=1S/C24H35N5O3S/c1-27-11-13-29(14-12-27)23(30)21-10-9-20(32-21)17-33-24-25-18(16-31-3)15-22(26-24)28(2)19-7-5-4-6-8-19/h9-10,15,19H,4-8,11-14,16-17H2,1-3H3. The number of aromatic nitrogens is 2. The molecule has 1 saturated carbocycles. The molecule has 2 aromatic rings. The van der Waals surface area contributed by atoms with Gasteiger partial charge in [0.05, 0.1) is 18.1 Å². The van der Waals surface area contributed by atoms with Gasteiger partial charge in [-0.3, -0.25) is 4.79 Å². The third-order valence-electron chi connectivity index (χ3n) is 6.53. The van der Waals surface area contributed by atoms with E-state index >= 15 is 0 Å². The van der Waals surface area contributed by atoms with Crippen molar-refractivity contribution >= 4 is 23.5 Å². The highest BCUT2D eigenvalue weighted by Gasteiger charge is 2.23. The highest BCUT2D eigenvalue weighted by molar-refractivity contribution is 7.98. The maximum absolute atomic E-state index is 12.7. The van der Waals surface area contributed by atoms with Crippen LogP contribution in [0.2, 0.25) is 0 Å². The van der Waals surface area contributed by atoms with E-state index in [1.165, 1.54) is 43.9 Å². The van der Waals surface area contributed by atoms with Crippen molar-refractivity contribution in [3.05, 3.63) is 35.4 Å². The Hall–Kier alpha value is -2.10. The van der Waals surface area contributed by atoms with Crippen LogP contribution in [0.1, 0.15) is 54.1 Å². The van der Waals surface area contributed by atoms with E-state index in [0.717, 1.165) is 43.5 Å². The molecule has 2 aromatic heterocycles. The lowest BCUT2D eigenvalue weighted by atomic mass is 9.94. The molecule has 8 nitrogen and oxygen atoms in total. The summed E-state index contributed by atoms with van der Waals surface area (Å²) in [7, 11) is 5.89. The third kappa shape index (κ3) is 6.28. The maximum Gasteiger partial charge on any atom is 0.289 e. The number of ether oxygens (including phenoxy) is 1. The van der Waals surface area contributed by atoms with Crippen LogP contribution < -0.4 is 4.90 Å². The molecule has 0 aromatic carbocycles. The van der Waals surface area contributed by atoms with Gasteiger partial charge in [0, 0.05) is 52.4 Å². The van der Waals surface area contributed by atoms with Gasteiger partial charge in [0.1, 0.15) is 11.6 Å². The fourth-order valence-electron chi connectivity index (χ4n) is 4.45. The average Bonchev–Trinajstić information content (AvgIpc) is 3.32. The van der Waals surface area contributed by atoms with E-state index in [1.807, 2.05) is 17.0 Å². The van der Waals surface area contributed by atoms with Gasteiger partial charge in [-0.25, -0.2) is 9.97 Å². The Morgan fingerprint density at radius 3 is 2.67 bits per heavy atom. The predicted octanol–water partition coefficient (Wildman–Crippen LogP) is 3.66. The second kappa shape index (κ2) is 11.4. The molecule has 1 aliphatic heterocycles. The molecule has 0 N–H and O–H groups in total. The number of rotatable bonds is 8. The monoisotopic (exact) mass is 473 g/mol. The van der Waals surface area contributed by atoms with Gasteiger partial charge in [0.15, 0.2) is 10.9 Å². The molecular formula is C24H35N5O3S. The number of nitrogens with zero attached hydrogens (tertiary/aromatic N) is 5. The number of piperazine rings is 1. The second-order valence-corrected chi connectivity index (χ2v) is 9.93. The van der Waals surface area contributed by atoms with E-state index in [4.69, 9.17) is 14.1 Å². The van der Waals surface area contributed by atoms with Crippen LogP contribution in [0.3, 0.4) is 0 Å². The smallest absolute Gasteiger partial charge is 0.289 e. The fraction of sp³-hybridized carbons (Fsp3) is 0.625. The van der Waals surface area contributed by atoms with E-state index in [2.05, 4.69) is 28.9 Å². The number of carbonyl (C=O) groups is 1. The average molecular weight is 474 g/mol. The van der Waals surface area contributed by atoms with Crippen LogP contribution in [-0.4, -0.2) is 79.1 Å². The summed E-state index contributed by atoms with van der Waals surface area (Å²) in [6.07, 6.45) is 6.30. The first-order valence-corrected chi connectivity index (χ1v) is 12.8. The van der Waals surface area contributed by atoms with Crippen LogP contribution in [0.15, 0.2) is 27.8 Å². The first-order chi connectivity index (χ1) is 16.0. The summed E-state index contributed by atoms with van der Waals surface area (Å²) in [6.45, 7) is 3.70. The molecule has 2 aliphatic rings. The quantitative estimate of drug-likeness (QED) is 0.425. The Labute approximate surface area is 200 Å². The molecule has 0 spiro atoms. The molecule has 1 saturated heterocycles. The molecular weight excluding hydrogens is 438 g/mol. The van der Waals surface area contributed by atoms with E-state index in [0.29, 0.717) is 29.3 Å². The number of furan rings is 1. The summed E-state index contributed by atoms with van der Waals surface area (Å²) in [4.78, 5) is 28.6. The molecule has 1 aliphatic carbocycles. The fourth-order valence-corrected chi connectivity index (χ4v) is 5.22. The van der Waals surface area contributed by atoms with Crippen molar-refractivity contribution < 1.29 is 13.9 Å². The molecule has 33 heavy (non-hydrogen) atoms. The molecule has 3 heterocycles. The van der Waals surface area contributed by atoms with Gasteiger partial charge in [-0.2, -0.15) is 0 Å². The van der Waals surface area contributed by atoms with Crippen molar-refractivity contribution in [2.75, 3.05) is 52.3 Å². The molecule has 1 amide bonds. The van der Waals surface area contributed by atoms with Gasteiger partial charge in [-0.15, -0.1) is 0 Å². The van der Waals surface area contributed by atoms with E-state index in [9.17, 15) is 4.79 Å². The number of methoxy groups -OCH3 is 1. The van der Waals surface area contributed by atoms with Crippen molar-refractivity contribution in [3.8, 4) is 0 Å². The summed E-state index contributed by atoms with van der Waals surface area (Å²) in [6, 6.07) is 6.21. The van der Waals surface area contributed by atoms with Gasteiger partial charge < -0.3 is 23.9 Å². The predicted molar refractivity (Wildman–Crippen MR) is 130 cm³/mol. The number of amides is 1. The van der Waals surface area contributed by atoms with Crippen LogP contribution in [0.25, 0.3) is 0 Å². The lowest BCUT2D eigenvalue weighted by molar-refractivity contribution is 0.0631. The number of likely N-dealkylation sites (N-methyl/N-ethyl adjacent to an activating group) is 1. The van der Waals surface area contributed by atoms with Crippen molar-refractivity contribution in [2.45, 2.75) is 55.7 Å². The normalized spacial score (nSPS) is 18.0. The summed E-state index contributed by atoms with van der Waals surface area (Å²) < 4.78 is 11.2. The van der Waals surface area contributed by atoms with Gasteiger partial charge in [0.2, 0.25) is 0 Å². The van der Waals surface area contributed by atoms with Gasteiger partial charge >= 0.3 is 0 Å². The van der Waals surface area contributed by atoms with E-state index in [1.54, 1.807) is 13.2 Å². The lowest BCUT2D eigenvalue weighted by Crippen LogP contribution is -2.47. The van der Waals surface area contributed by atoms with Crippen LogP contribution >= 0.6 is 11.8 Å². The topological polar surface area (TPSA) is 74.9 Å². The van der Waals surface area contributed by atoms with Crippen molar-refractivity contribution in [1.82, 2.24) is 19.8 Å². The van der Waals surface area contributed by atoms with Gasteiger partial charge in [-0.05, 0) is 32.0 Å². The summed E-state index contributed by atoms with van der Waals surface area (Å²) in [5.74, 6) is 2.63. The van der Waals surface area contributed by atoms with E-state index in [-0.39, 0.29) is 5.91 Å². The molecule has 0 atom stereocenters. The minimum Gasteiger partial charge on any atom is -0.455 e. The highest BCUT2D eigenvalue weighted by atomic mass is 32.2. The summed E-state index contributed by atoms with van der Waals surface area (Å²) in [5, 5.41) is 0.700. The molecule has 4 rings (SSSR count). The van der Waals surface area contributed by atoms with E-state index < -0.39 is 0 Å². The zero-order chi connectivity index (χ0) is 23.2. The van der Waals surface area contributed by atoms with Crippen LogP contribution in [0.5, 0.6) is 0 Å². The summed E-state index contributed by atoms with van der Waals surface area (Å²) in [5.41, 5.74) is 0.873. The van der Waals surface area contributed by atoms with Crippen molar-refractivity contribution in [2.24, 2.45) is 0 Å². The Morgan fingerprint density at radius 2 is 1.94 bits per heavy atom. The molecule has 9 heteroatoms. The highest BCUT2D eigenvalue weighted by Crippen LogP contribution is 2.28. The van der Waals surface area contributed by atoms with Crippen LogP contribution in [-0.2, 0) is 17.1 Å². The number of anilines is 1. The van der Waals surface area contributed by atoms with Gasteiger partial charge in [0.25, 0.3) is 5.91 Å². The Bertz CT molecular complexity index is 923. The second-order valence-electron chi connectivity index (χ2n) is 8.99. The zero-order valence-corrected chi connectivity index (χ0v) is 20.8. The molecule has 0 unspecified atom stereocenters. The molecule has 0 bridgehead atoms. The van der Waals surface area contributed by atoms with Gasteiger partial charge in [-0.1, -0.05) is 31.0 Å². The SMILES string of the molecule is COCc1cc(N(C)C2CCCCC2)nc(SCc2ccc(C(=O)N3CCN(C)CC3)o2)n1. The minimum absolute atomic E-state index is 0.0333.